The minimum Gasteiger partial charge on any atom is -0.489 e. The van der Waals surface area contributed by atoms with E-state index in [1.165, 1.54) is 6.07 Å². The average Bonchev–Trinajstić information content (AvgIpc) is 2.63. The summed E-state index contributed by atoms with van der Waals surface area (Å²) in [5.41, 5.74) is 1.41. The van der Waals surface area contributed by atoms with Crippen molar-refractivity contribution < 1.29 is 22.7 Å². The Hall–Kier alpha value is -2.51. The lowest BCUT2D eigenvalue weighted by molar-refractivity contribution is 0.0986. The second-order valence-corrected chi connectivity index (χ2v) is 9.36. The molecule has 0 aliphatic rings. The van der Waals surface area contributed by atoms with Crippen LogP contribution < -0.4 is 15.2 Å². The van der Waals surface area contributed by atoms with Gasteiger partial charge in [0.15, 0.2) is 0 Å². The summed E-state index contributed by atoms with van der Waals surface area (Å²) in [5, 5.41) is 27.5. The summed E-state index contributed by atoms with van der Waals surface area (Å²) in [6.45, 7) is 5.84. The van der Waals surface area contributed by atoms with E-state index in [1.54, 1.807) is 12.1 Å². The van der Waals surface area contributed by atoms with Crippen molar-refractivity contribution >= 4 is 10.0 Å². The number of nitrogens with one attached hydrogen (secondary N) is 1. The average molecular weight is 436 g/mol. The maximum atomic E-state index is 14.0. The number of hydrogen-bond acceptors (Lipinski definition) is 6. The lowest BCUT2D eigenvalue weighted by atomic mass is 9.94. The Morgan fingerprint density at radius 3 is 2.60 bits per heavy atom. The fraction of sp³-hybridized carbons (Fsp3) is 0.381. The van der Waals surface area contributed by atoms with Crippen molar-refractivity contribution in [1.29, 1.82) is 5.26 Å². The van der Waals surface area contributed by atoms with E-state index in [0.29, 0.717) is 23.3 Å². The predicted octanol–water partition coefficient (Wildman–Crippen LogP) is 2.00. The van der Waals surface area contributed by atoms with Crippen LogP contribution in [0.1, 0.15) is 30.5 Å². The maximum absolute atomic E-state index is 14.0. The molecule has 0 spiro atoms. The summed E-state index contributed by atoms with van der Waals surface area (Å²) in [7, 11) is -4.11. The van der Waals surface area contributed by atoms with Crippen LogP contribution in [0, 0.1) is 24.1 Å². The molecule has 2 aromatic rings. The van der Waals surface area contributed by atoms with Crippen LogP contribution in [-0.4, -0.2) is 38.3 Å². The molecule has 0 fully saturated rings. The minimum atomic E-state index is -4.11. The lowest BCUT2D eigenvalue weighted by Crippen LogP contribution is -2.46. The summed E-state index contributed by atoms with van der Waals surface area (Å²) in [5.74, 6) is -0.480. The van der Waals surface area contributed by atoms with Gasteiger partial charge < -0.3 is 15.2 Å². The smallest absolute Gasteiger partial charge is 0.240 e. The number of hydrogen-bond donors (Lipinski definition) is 3. The second kappa shape index (κ2) is 9.53. The Labute approximate surface area is 176 Å². The van der Waals surface area contributed by atoms with Crippen molar-refractivity contribution in [3.8, 4) is 11.8 Å². The maximum Gasteiger partial charge on any atom is 0.240 e. The van der Waals surface area contributed by atoms with Gasteiger partial charge in [0.25, 0.3) is 0 Å². The molecule has 0 aromatic heterocycles. The molecular formula is C21H26FN3O4S. The summed E-state index contributed by atoms with van der Waals surface area (Å²) in [4.78, 5) is -0.544. The largest absolute Gasteiger partial charge is 0.489 e. The van der Waals surface area contributed by atoms with Gasteiger partial charge in [-0.15, -0.1) is 0 Å². The number of nitrogens with two attached hydrogens (primary N) is 1. The molecule has 0 saturated carbocycles. The molecule has 0 saturated heterocycles. The predicted molar refractivity (Wildman–Crippen MR) is 111 cm³/mol. The van der Waals surface area contributed by atoms with Crippen molar-refractivity contribution in [1.82, 2.24) is 5.32 Å². The van der Waals surface area contributed by atoms with Crippen LogP contribution in [-0.2, 0) is 16.4 Å². The third-order valence-electron chi connectivity index (χ3n) is 4.45. The van der Waals surface area contributed by atoms with Crippen molar-refractivity contribution in [3.63, 3.8) is 0 Å². The van der Waals surface area contributed by atoms with Crippen LogP contribution in [0.5, 0.6) is 5.75 Å². The number of rotatable bonds is 9. The van der Waals surface area contributed by atoms with Gasteiger partial charge in [-0.05, 0) is 62.6 Å². The van der Waals surface area contributed by atoms with E-state index in [9.17, 15) is 17.9 Å². The molecule has 0 aliphatic carbocycles. The van der Waals surface area contributed by atoms with Gasteiger partial charge >= 0.3 is 0 Å². The van der Waals surface area contributed by atoms with Gasteiger partial charge in [0.2, 0.25) is 10.0 Å². The topological polar surface area (TPSA) is 125 Å². The number of ether oxygens (including phenoxy) is 1. The standard InChI is InChI=1S/C21H26FN3O4S/c1-14-4-6-16(11-23)19(8-14)29-13-17(26)12-25-21(2,3)10-15-5-7-20(18(22)9-15)30(24,27)28/h4-9,17,25-26H,10,12-13H2,1-3H3,(H2,24,27,28)/t17-/m0/s1. The number of β-amino-alcohol motifs (C(OH)–C–C–N with tert-alkyl or cyclic N) is 1. The molecule has 7 nitrogen and oxygen atoms in total. The lowest BCUT2D eigenvalue weighted by Gasteiger charge is -2.28. The van der Waals surface area contributed by atoms with Gasteiger partial charge in [0.05, 0.1) is 5.56 Å². The molecule has 2 aromatic carbocycles. The fourth-order valence-electron chi connectivity index (χ4n) is 2.94. The molecule has 0 amide bonds. The molecule has 0 aliphatic heterocycles. The van der Waals surface area contributed by atoms with Gasteiger partial charge in [0.1, 0.15) is 35.2 Å². The highest BCUT2D eigenvalue weighted by Crippen LogP contribution is 2.20. The number of primary sulfonamides is 1. The zero-order chi connectivity index (χ0) is 22.5. The number of nitrogens with zero attached hydrogens (tertiary/aromatic N) is 1. The van der Waals surface area contributed by atoms with E-state index in [0.717, 1.165) is 17.7 Å². The highest BCUT2D eigenvalue weighted by molar-refractivity contribution is 7.89. The molecule has 0 bridgehead atoms. The number of nitriles is 1. The number of aliphatic hydroxyl groups excluding tert-OH is 1. The van der Waals surface area contributed by atoms with Crippen LogP contribution in [0.25, 0.3) is 0 Å². The van der Waals surface area contributed by atoms with E-state index in [2.05, 4.69) is 5.32 Å². The van der Waals surface area contributed by atoms with E-state index in [1.807, 2.05) is 32.9 Å². The molecule has 9 heteroatoms. The molecule has 30 heavy (non-hydrogen) atoms. The quantitative estimate of drug-likeness (QED) is 0.553. The third-order valence-corrected chi connectivity index (χ3v) is 5.40. The van der Waals surface area contributed by atoms with E-state index in [4.69, 9.17) is 15.1 Å². The molecular weight excluding hydrogens is 409 g/mol. The summed E-state index contributed by atoms with van der Waals surface area (Å²) in [6, 6.07) is 11.1. The minimum absolute atomic E-state index is 0.00109. The van der Waals surface area contributed by atoms with Crippen molar-refractivity contribution in [3.05, 3.63) is 58.9 Å². The molecule has 0 heterocycles. The molecule has 2 rings (SSSR count). The van der Waals surface area contributed by atoms with Crippen LogP contribution in [0.3, 0.4) is 0 Å². The van der Waals surface area contributed by atoms with Gasteiger partial charge in [-0.25, -0.2) is 17.9 Å². The van der Waals surface area contributed by atoms with Gasteiger partial charge in [0, 0.05) is 12.1 Å². The zero-order valence-electron chi connectivity index (χ0n) is 17.1. The fourth-order valence-corrected chi connectivity index (χ4v) is 3.53. The number of aliphatic hydroxyl groups is 1. The second-order valence-electron chi connectivity index (χ2n) is 7.83. The Bertz CT molecular complexity index is 1050. The van der Waals surface area contributed by atoms with Crippen LogP contribution in [0.2, 0.25) is 0 Å². The van der Waals surface area contributed by atoms with Crippen LogP contribution >= 0.6 is 0 Å². The summed E-state index contributed by atoms with van der Waals surface area (Å²) in [6.07, 6.45) is -0.448. The van der Waals surface area contributed by atoms with Gasteiger partial charge in [-0.1, -0.05) is 12.1 Å². The molecule has 0 radical (unpaired) electrons. The van der Waals surface area contributed by atoms with E-state index < -0.39 is 32.4 Å². The molecule has 162 valence electrons. The summed E-state index contributed by atoms with van der Waals surface area (Å²) < 4.78 is 42.2. The molecule has 0 unspecified atom stereocenters. The van der Waals surface area contributed by atoms with E-state index in [-0.39, 0.29) is 13.2 Å². The van der Waals surface area contributed by atoms with Gasteiger partial charge in [-0.2, -0.15) is 5.26 Å². The molecule has 4 N–H and O–H groups in total. The normalized spacial score (nSPS) is 13.0. The number of benzene rings is 2. The highest BCUT2D eigenvalue weighted by Gasteiger charge is 2.22. The first-order valence-corrected chi connectivity index (χ1v) is 10.8. The van der Waals surface area contributed by atoms with E-state index >= 15 is 0 Å². The molecule has 1 atom stereocenters. The van der Waals surface area contributed by atoms with Crippen LogP contribution in [0.4, 0.5) is 4.39 Å². The zero-order valence-corrected chi connectivity index (χ0v) is 18.0. The van der Waals surface area contributed by atoms with Gasteiger partial charge in [-0.3, -0.25) is 0 Å². The van der Waals surface area contributed by atoms with Crippen molar-refractivity contribution in [2.45, 2.75) is 43.7 Å². The first kappa shape index (κ1) is 23.8. The van der Waals surface area contributed by atoms with Crippen molar-refractivity contribution in [2.24, 2.45) is 5.14 Å². The number of halogens is 1. The Balaban J connectivity index is 1.92. The monoisotopic (exact) mass is 435 g/mol. The Kier molecular flexibility index (Phi) is 7.55. The number of aryl methyl sites for hydroxylation is 1. The first-order valence-electron chi connectivity index (χ1n) is 9.29. The van der Waals surface area contributed by atoms with Crippen molar-refractivity contribution in [2.75, 3.05) is 13.2 Å². The summed E-state index contributed by atoms with van der Waals surface area (Å²) >= 11 is 0. The number of sulfonamides is 1. The van der Waals surface area contributed by atoms with Crippen LogP contribution in [0.15, 0.2) is 41.3 Å². The first-order chi connectivity index (χ1) is 13.9. The Morgan fingerprint density at radius 1 is 1.30 bits per heavy atom. The third kappa shape index (κ3) is 6.78. The SMILES string of the molecule is Cc1ccc(C#N)c(OC[C@@H](O)CNC(C)(C)Cc2ccc(S(N)(=O)=O)c(F)c2)c1. The highest BCUT2D eigenvalue weighted by atomic mass is 32.2. The Morgan fingerprint density at radius 2 is 2.00 bits per heavy atom.